The molecular weight excluding hydrogens is 301 g/mol. The number of amides is 1. The maximum absolute atomic E-state index is 13.5. The van der Waals surface area contributed by atoms with Gasteiger partial charge in [-0.05, 0) is 30.5 Å². The Labute approximate surface area is 120 Å². The van der Waals surface area contributed by atoms with Crippen LogP contribution in [0.15, 0.2) is 18.2 Å². The van der Waals surface area contributed by atoms with E-state index in [1.807, 2.05) is 0 Å². The molecular formula is C13H14FNO5S. The number of anilines is 1. The molecule has 0 radical (unpaired) electrons. The van der Waals surface area contributed by atoms with Crippen molar-refractivity contribution in [2.24, 2.45) is 5.92 Å². The van der Waals surface area contributed by atoms with Crippen LogP contribution >= 0.6 is 0 Å². The van der Waals surface area contributed by atoms with E-state index < -0.39 is 27.5 Å². The van der Waals surface area contributed by atoms with Gasteiger partial charge in [0.1, 0.15) is 5.82 Å². The average molecular weight is 315 g/mol. The number of nitrogens with one attached hydrogen (secondary N) is 1. The van der Waals surface area contributed by atoms with Crippen LogP contribution in [0.5, 0.6) is 0 Å². The molecule has 2 N–H and O–H groups in total. The van der Waals surface area contributed by atoms with Gasteiger partial charge in [0.25, 0.3) is 0 Å². The van der Waals surface area contributed by atoms with Gasteiger partial charge in [-0.1, -0.05) is 0 Å². The fourth-order valence-electron chi connectivity index (χ4n) is 2.25. The first-order valence-corrected chi connectivity index (χ1v) is 8.12. The predicted molar refractivity (Wildman–Crippen MR) is 73.4 cm³/mol. The van der Waals surface area contributed by atoms with Crippen molar-refractivity contribution in [2.45, 2.75) is 12.8 Å². The van der Waals surface area contributed by atoms with Crippen LogP contribution in [0.3, 0.4) is 0 Å². The molecule has 114 valence electrons. The van der Waals surface area contributed by atoms with Gasteiger partial charge in [-0.15, -0.1) is 0 Å². The predicted octanol–water partition coefficient (Wildman–Crippen LogP) is 1.29. The van der Waals surface area contributed by atoms with Crippen molar-refractivity contribution in [2.75, 3.05) is 16.8 Å². The molecule has 0 saturated carbocycles. The molecule has 2 rings (SSSR count). The Morgan fingerprint density at radius 2 is 2.10 bits per heavy atom. The second-order valence-corrected chi connectivity index (χ2v) is 7.25. The lowest BCUT2D eigenvalue weighted by Crippen LogP contribution is -2.18. The minimum absolute atomic E-state index is 0.0318. The van der Waals surface area contributed by atoms with Gasteiger partial charge in [-0.25, -0.2) is 17.6 Å². The molecule has 0 bridgehead atoms. The van der Waals surface area contributed by atoms with Gasteiger partial charge in [-0.2, -0.15) is 0 Å². The number of hydrogen-bond acceptors (Lipinski definition) is 4. The van der Waals surface area contributed by atoms with E-state index in [9.17, 15) is 22.4 Å². The van der Waals surface area contributed by atoms with E-state index in [-0.39, 0.29) is 35.1 Å². The Kier molecular flexibility index (Phi) is 4.26. The fraction of sp³-hybridized carbons (Fsp3) is 0.385. The number of hydrogen-bond donors (Lipinski definition) is 2. The van der Waals surface area contributed by atoms with Crippen LogP contribution in [0.25, 0.3) is 0 Å². The summed E-state index contributed by atoms with van der Waals surface area (Å²) in [6, 6.07) is 3.08. The Balaban J connectivity index is 2.03. The average Bonchev–Trinajstić information content (AvgIpc) is 2.71. The van der Waals surface area contributed by atoms with Crippen molar-refractivity contribution in [3.8, 4) is 0 Å². The number of rotatable bonds is 4. The molecule has 1 saturated heterocycles. The van der Waals surface area contributed by atoms with Crippen LogP contribution in [0.2, 0.25) is 0 Å². The van der Waals surface area contributed by atoms with Crippen molar-refractivity contribution in [3.63, 3.8) is 0 Å². The largest absolute Gasteiger partial charge is 0.478 e. The lowest BCUT2D eigenvalue weighted by Gasteiger charge is -2.10. The normalized spacial score (nSPS) is 20.1. The van der Waals surface area contributed by atoms with E-state index in [0.29, 0.717) is 6.42 Å². The van der Waals surface area contributed by atoms with E-state index in [1.54, 1.807) is 0 Å². The minimum atomic E-state index is -3.07. The number of carbonyl (C=O) groups excluding carboxylic acids is 1. The smallest absolute Gasteiger partial charge is 0.335 e. The standard InChI is InChI=1S/C13H14FNO5S/c14-10-2-1-9(13(17)18)6-11(10)15-12(16)5-8-3-4-21(19,20)7-8/h1-2,6,8H,3-5,7H2,(H,15,16)(H,17,18). The third-order valence-electron chi connectivity index (χ3n) is 3.29. The summed E-state index contributed by atoms with van der Waals surface area (Å²) in [5.41, 5.74) is -0.365. The Bertz CT molecular complexity index is 686. The number of halogens is 1. The molecule has 6 nitrogen and oxygen atoms in total. The summed E-state index contributed by atoms with van der Waals surface area (Å²) >= 11 is 0. The van der Waals surface area contributed by atoms with Crippen LogP contribution in [0.1, 0.15) is 23.2 Å². The van der Waals surface area contributed by atoms with E-state index in [1.165, 1.54) is 0 Å². The zero-order valence-corrected chi connectivity index (χ0v) is 11.8. The van der Waals surface area contributed by atoms with Crippen LogP contribution in [0.4, 0.5) is 10.1 Å². The van der Waals surface area contributed by atoms with Gasteiger partial charge < -0.3 is 10.4 Å². The molecule has 1 fully saturated rings. The van der Waals surface area contributed by atoms with Crippen LogP contribution in [0, 0.1) is 11.7 Å². The van der Waals surface area contributed by atoms with E-state index in [0.717, 1.165) is 18.2 Å². The van der Waals surface area contributed by atoms with E-state index in [2.05, 4.69) is 5.32 Å². The summed E-state index contributed by atoms with van der Waals surface area (Å²) < 4.78 is 36.1. The maximum atomic E-state index is 13.5. The Hall–Kier alpha value is -1.96. The van der Waals surface area contributed by atoms with E-state index in [4.69, 9.17) is 5.11 Å². The zero-order valence-electron chi connectivity index (χ0n) is 11.0. The van der Waals surface area contributed by atoms with Crippen molar-refractivity contribution in [3.05, 3.63) is 29.6 Å². The molecule has 1 aromatic rings. The monoisotopic (exact) mass is 315 g/mol. The Morgan fingerprint density at radius 3 is 2.67 bits per heavy atom. The molecule has 1 heterocycles. The molecule has 1 amide bonds. The molecule has 1 atom stereocenters. The summed E-state index contributed by atoms with van der Waals surface area (Å²) in [5.74, 6) is -2.76. The highest BCUT2D eigenvalue weighted by Gasteiger charge is 2.29. The van der Waals surface area contributed by atoms with Crippen LogP contribution < -0.4 is 5.32 Å². The molecule has 1 aromatic carbocycles. The van der Waals surface area contributed by atoms with E-state index >= 15 is 0 Å². The third-order valence-corrected chi connectivity index (χ3v) is 5.13. The van der Waals surface area contributed by atoms with Gasteiger partial charge in [0, 0.05) is 6.42 Å². The molecule has 0 aliphatic carbocycles. The molecule has 1 unspecified atom stereocenters. The first kappa shape index (κ1) is 15.4. The highest BCUT2D eigenvalue weighted by molar-refractivity contribution is 7.91. The molecule has 1 aliphatic rings. The summed E-state index contributed by atoms with van der Waals surface area (Å²) in [7, 11) is -3.07. The van der Waals surface area contributed by atoms with Crippen LogP contribution in [-0.2, 0) is 14.6 Å². The van der Waals surface area contributed by atoms with Crippen molar-refractivity contribution >= 4 is 27.4 Å². The second kappa shape index (κ2) is 5.80. The van der Waals surface area contributed by atoms with Crippen LogP contribution in [-0.4, -0.2) is 36.9 Å². The molecule has 0 aromatic heterocycles. The maximum Gasteiger partial charge on any atom is 0.335 e. The lowest BCUT2D eigenvalue weighted by atomic mass is 10.0. The minimum Gasteiger partial charge on any atom is -0.478 e. The Morgan fingerprint density at radius 1 is 1.38 bits per heavy atom. The summed E-state index contributed by atoms with van der Waals surface area (Å²) in [4.78, 5) is 22.6. The number of carboxylic acid groups (broad SMARTS) is 1. The van der Waals surface area contributed by atoms with Gasteiger partial charge >= 0.3 is 5.97 Å². The molecule has 1 aliphatic heterocycles. The van der Waals surface area contributed by atoms with Crippen molar-refractivity contribution in [1.82, 2.24) is 0 Å². The highest BCUT2D eigenvalue weighted by Crippen LogP contribution is 2.23. The van der Waals surface area contributed by atoms with Crippen molar-refractivity contribution < 1.29 is 27.5 Å². The van der Waals surface area contributed by atoms with Gasteiger partial charge in [-0.3, -0.25) is 4.79 Å². The fourth-order valence-corrected chi connectivity index (χ4v) is 4.11. The molecule has 21 heavy (non-hydrogen) atoms. The SMILES string of the molecule is O=C(CC1CCS(=O)(=O)C1)Nc1cc(C(=O)O)ccc1F. The number of sulfone groups is 1. The summed E-state index contributed by atoms with van der Waals surface area (Å²) in [5, 5.41) is 11.1. The first-order chi connectivity index (χ1) is 9.77. The van der Waals surface area contributed by atoms with Crippen molar-refractivity contribution in [1.29, 1.82) is 0 Å². The first-order valence-electron chi connectivity index (χ1n) is 6.30. The van der Waals surface area contributed by atoms with Gasteiger partial charge in [0.15, 0.2) is 9.84 Å². The quantitative estimate of drug-likeness (QED) is 0.872. The molecule has 0 spiro atoms. The number of carbonyl (C=O) groups is 2. The summed E-state index contributed by atoms with van der Waals surface area (Å²) in [6.45, 7) is 0. The topological polar surface area (TPSA) is 101 Å². The highest BCUT2D eigenvalue weighted by atomic mass is 32.2. The third kappa shape index (κ3) is 4.01. The number of aromatic carboxylic acids is 1. The number of benzene rings is 1. The lowest BCUT2D eigenvalue weighted by molar-refractivity contribution is -0.116. The van der Waals surface area contributed by atoms with Gasteiger partial charge in [0.05, 0.1) is 22.8 Å². The zero-order chi connectivity index (χ0) is 15.6. The van der Waals surface area contributed by atoms with Gasteiger partial charge in [0.2, 0.25) is 5.91 Å². The summed E-state index contributed by atoms with van der Waals surface area (Å²) in [6.07, 6.45) is 0.378. The second-order valence-electron chi connectivity index (χ2n) is 5.02. The molecule has 8 heteroatoms. The number of carboxylic acids is 1.